The topological polar surface area (TPSA) is 70.6 Å². The van der Waals surface area contributed by atoms with E-state index in [0.717, 1.165) is 15.9 Å². The van der Waals surface area contributed by atoms with Gasteiger partial charge in [0.15, 0.2) is 5.13 Å². The van der Waals surface area contributed by atoms with Gasteiger partial charge in [-0.25, -0.2) is 17.7 Å². The van der Waals surface area contributed by atoms with E-state index in [2.05, 4.69) is 26.0 Å². The Kier molecular flexibility index (Phi) is 6.65. The van der Waals surface area contributed by atoms with Gasteiger partial charge in [0.2, 0.25) is 15.9 Å². The fourth-order valence-electron chi connectivity index (χ4n) is 4.04. The molecule has 32 heavy (non-hydrogen) atoms. The fourth-order valence-corrected chi connectivity index (χ4v) is 6.17. The molecule has 1 saturated heterocycles. The average molecular weight is 472 g/mol. The van der Waals surface area contributed by atoms with Crippen LogP contribution in [-0.2, 0) is 14.8 Å². The van der Waals surface area contributed by atoms with E-state index < -0.39 is 10.0 Å². The number of para-hydroxylation sites is 1. The number of hydrogen-bond acceptors (Lipinski definition) is 5. The number of aromatic nitrogens is 1. The number of carbonyl (C=O) groups excluding carboxylic acids is 1. The molecule has 0 bridgehead atoms. The van der Waals surface area contributed by atoms with Gasteiger partial charge >= 0.3 is 0 Å². The van der Waals surface area contributed by atoms with Crippen LogP contribution in [0.25, 0.3) is 10.2 Å². The first-order chi connectivity index (χ1) is 15.3. The Morgan fingerprint density at radius 3 is 2.38 bits per heavy atom. The van der Waals surface area contributed by atoms with Crippen molar-refractivity contribution in [2.75, 3.05) is 23.7 Å². The summed E-state index contributed by atoms with van der Waals surface area (Å²) < 4.78 is 27.0. The van der Waals surface area contributed by atoms with Gasteiger partial charge in [-0.15, -0.1) is 0 Å². The van der Waals surface area contributed by atoms with Crippen LogP contribution in [0, 0.1) is 5.92 Å². The van der Waals surface area contributed by atoms with Gasteiger partial charge in [-0.3, -0.25) is 9.69 Å². The quantitative estimate of drug-likeness (QED) is 0.499. The number of thiazole rings is 1. The van der Waals surface area contributed by atoms with E-state index in [9.17, 15) is 13.2 Å². The molecule has 8 heteroatoms. The number of carbonyl (C=O) groups is 1. The smallest absolute Gasteiger partial charge is 0.236 e. The molecule has 170 valence electrons. The Morgan fingerprint density at radius 2 is 1.78 bits per heavy atom. The molecule has 0 unspecified atom stereocenters. The number of rotatable bonds is 6. The van der Waals surface area contributed by atoms with Crippen molar-refractivity contribution in [3.8, 4) is 0 Å². The highest BCUT2D eigenvalue weighted by Gasteiger charge is 2.34. The monoisotopic (exact) mass is 471 g/mol. The van der Waals surface area contributed by atoms with Gasteiger partial charge in [-0.1, -0.05) is 49.4 Å². The zero-order chi connectivity index (χ0) is 22.9. The van der Waals surface area contributed by atoms with Crippen LogP contribution >= 0.6 is 11.3 Å². The predicted molar refractivity (Wildman–Crippen MR) is 131 cm³/mol. The number of nitrogens with zero attached hydrogens (tertiary/aromatic N) is 3. The Balaban J connectivity index is 1.65. The lowest BCUT2D eigenvalue weighted by molar-refractivity contribution is -0.122. The van der Waals surface area contributed by atoms with Gasteiger partial charge in [-0.05, 0) is 55.5 Å². The maximum atomic E-state index is 13.7. The third-order valence-corrected chi connectivity index (χ3v) is 8.98. The molecule has 0 spiro atoms. The number of piperidine rings is 1. The Labute approximate surface area is 193 Å². The zero-order valence-electron chi connectivity index (χ0n) is 18.7. The molecule has 1 aliphatic rings. The van der Waals surface area contributed by atoms with Crippen molar-refractivity contribution in [3.05, 3.63) is 54.1 Å². The van der Waals surface area contributed by atoms with Crippen molar-refractivity contribution in [3.63, 3.8) is 0 Å². The molecule has 0 radical (unpaired) electrons. The van der Waals surface area contributed by atoms with Crippen LogP contribution in [0.5, 0.6) is 0 Å². The molecule has 6 nitrogen and oxygen atoms in total. The minimum Gasteiger partial charge on any atom is -0.274 e. The summed E-state index contributed by atoms with van der Waals surface area (Å²) in [5.41, 5.74) is 2.87. The second-order valence-corrected chi connectivity index (χ2v) is 11.7. The number of anilines is 2. The number of sulfonamides is 1. The summed E-state index contributed by atoms with van der Waals surface area (Å²) in [6.07, 6.45) is 1.03. The molecule has 0 atom stereocenters. The van der Waals surface area contributed by atoms with Crippen LogP contribution in [0.4, 0.5) is 10.8 Å². The molecular weight excluding hydrogens is 442 g/mol. The minimum absolute atomic E-state index is 0.0186. The summed E-state index contributed by atoms with van der Waals surface area (Å²) >= 11 is 1.50. The van der Waals surface area contributed by atoms with E-state index in [1.165, 1.54) is 21.2 Å². The minimum atomic E-state index is -3.23. The van der Waals surface area contributed by atoms with E-state index in [-0.39, 0.29) is 17.6 Å². The maximum Gasteiger partial charge on any atom is 0.236 e. The second kappa shape index (κ2) is 9.29. The number of benzene rings is 2. The van der Waals surface area contributed by atoms with Crippen molar-refractivity contribution in [2.45, 2.75) is 39.5 Å². The van der Waals surface area contributed by atoms with Crippen LogP contribution in [0.15, 0.2) is 48.5 Å². The first-order valence-corrected chi connectivity index (χ1v) is 13.5. The molecule has 4 rings (SSSR count). The van der Waals surface area contributed by atoms with Crippen molar-refractivity contribution < 1.29 is 13.2 Å². The van der Waals surface area contributed by atoms with Crippen molar-refractivity contribution in [1.29, 1.82) is 0 Å². The van der Waals surface area contributed by atoms with Crippen LogP contribution in [0.3, 0.4) is 0 Å². The summed E-state index contributed by atoms with van der Waals surface area (Å²) in [5.74, 6) is 0.233. The highest BCUT2D eigenvalue weighted by atomic mass is 32.2. The second-order valence-electron chi connectivity index (χ2n) is 8.46. The first-order valence-electron chi connectivity index (χ1n) is 11.1. The molecule has 1 amide bonds. The zero-order valence-corrected chi connectivity index (χ0v) is 20.3. The highest BCUT2D eigenvalue weighted by Crippen LogP contribution is 2.36. The normalized spacial score (nSPS) is 16.0. The summed E-state index contributed by atoms with van der Waals surface area (Å²) in [6.45, 7) is 6.70. The van der Waals surface area contributed by atoms with Crippen LogP contribution in [-0.4, -0.2) is 42.5 Å². The maximum absolute atomic E-state index is 13.7. The summed E-state index contributed by atoms with van der Waals surface area (Å²) in [5, 5.41) is 0.650. The standard InChI is InChI=1S/C24H29N3O3S2/c1-4-32(29,30)26-15-13-19(14-16-26)23(28)27(20-11-9-18(10-12-20)17(2)3)24-25-21-7-5-6-8-22(21)31-24/h5-12,17,19H,4,13-16H2,1-3H3. The number of hydrogen-bond donors (Lipinski definition) is 0. The average Bonchev–Trinajstić information content (AvgIpc) is 3.23. The molecule has 1 fully saturated rings. The van der Waals surface area contributed by atoms with Crippen LogP contribution in [0.1, 0.15) is 45.1 Å². The van der Waals surface area contributed by atoms with Gasteiger partial charge < -0.3 is 0 Å². The van der Waals surface area contributed by atoms with Gasteiger partial charge in [0.05, 0.1) is 21.7 Å². The summed E-state index contributed by atoms with van der Waals surface area (Å²) in [6, 6.07) is 16.0. The van der Waals surface area contributed by atoms with Crippen molar-refractivity contribution in [2.24, 2.45) is 5.92 Å². The lowest BCUT2D eigenvalue weighted by atomic mass is 9.96. The Hall–Kier alpha value is -2.29. The fraction of sp³-hybridized carbons (Fsp3) is 0.417. The number of amides is 1. The first kappa shape index (κ1) is 22.9. The van der Waals surface area contributed by atoms with Crippen LogP contribution < -0.4 is 4.90 Å². The molecule has 0 N–H and O–H groups in total. The van der Waals surface area contributed by atoms with E-state index in [1.54, 1.807) is 11.8 Å². The number of fused-ring (bicyclic) bond motifs is 1. The SMILES string of the molecule is CCS(=O)(=O)N1CCC(C(=O)N(c2ccc(C(C)C)cc2)c2nc3ccccc3s2)CC1. The molecule has 0 saturated carbocycles. The summed E-state index contributed by atoms with van der Waals surface area (Å²) in [4.78, 5) is 20.2. The molecule has 2 heterocycles. The molecule has 2 aromatic carbocycles. The highest BCUT2D eigenvalue weighted by molar-refractivity contribution is 7.89. The molecule has 1 aliphatic heterocycles. The van der Waals surface area contributed by atoms with E-state index in [0.29, 0.717) is 37.0 Å². The van der Waals surface area contributed by atoms with Gasteiger partial charge in [0.25, 0.3) is 0 Å². The van der Waals surface area contributed by atoms with Crippen molar-refractivity contribution >= 4 is 48.3 Å². The third kappa shape index (κ3) is 4.58. The lowest BCUT2D eigenvalue weighted by Gasteiger charge is -2.32. The van der Waals surface area contributed by atoms with E-state index in [4.69, 9.17) is 4.98 Å². The van der Waals surface area contributed by atoms with Crippen LogP contribution in [0.2, 0.25) is 0 Å². The Bertz CT molecular complexity index is 1160. The van der Waals surface area contributed by atoms with Gasteiger partial charge in [0.1, 0.15) is 0 Å². The van der Waals surface area contributed by atoms with Gasteiger partial charge in [0, 0.05) is 19.0 Å². The third-order valence-electron chi connectivity index (χ3n) is 6.07. The molecule has 3 aromatic rings. The lowest BCUT2D eigenvalue weighted by Crippen LogP contribution is -2.43. The summed E-state index contributed by atoms with van der Waals surface area (Å²) in [7, 11) is -3.23. The van der Waals surface area contributed by atoms with E-state index in [1.807, 2.05) is 36.4 Å². The molecule has 0 aliphatic carbocycles. The largest absolute Gasteiger partial charge is 0.274 e. The Morgan fingerprint density at radius 1 is 1.12 bits per heavy atom. The molecular formula is C24H29N3O3S2. The molecule has 1 aromatic heterocycles. The van der Waals surface area contributed by atoms with Crippen molar-refractivity contribution in [1.82, 2.24) is 9.29 Å². The van der Waals surface area contributed by atoms with E-state index >= 15 is 0 Å². The van der Waals surface area contributed by atoms with Gasteiger partial charge in [-0.2, -0.15) is 0 Å². The predicted octanol–water partition coefficient (Wildman–Crippen LogP) is 5.15.